The van der Waals surface area contributed by atoms with Crippen molar-refractivity contribution < 1.29 is 12.9 Å². The van der Waals surface area contributed by atoms with E-state index in [9.17, 15) is 8.42 Å². The van der Waals surface area contributed by atoms with Gasteiger partial charge in [-0.3, -0.25) is 0 Å². The molecule has 0 spiro atoms. The van der Waals surface area contributed by atoms with Crippen LogP contribution in [0, 0.1) is 20.8 Å². The number of aryl methyl sites for hydroxylation is 3. The lowest BCUT2D eigenvalue weighted by molar-refractivity contribution is 0.382. The largest absolute Gasteiger partial charge is 0.363 e. The fourth-order valence-electron chi connectivity index (χ4n) is 3.30. The Bertz CT molecular complexity index is 1080. The van der Waals surface area contributed by atoms with Crippen LogP contribution in [0.25, 0.3) is 5.82 Å². The van der Waals surface area contributed by atoms with E-state index in [4.69, 9.17) is 0 Å². The molecule has 148 valence electrons. The maximum absolute atomic E-state index is 12.6. The molecule has 4 heterocycles. The molecular weight excluding hydrogens is 382 g/mol. The first-order valence-electron chi connectivity index (χ1n) is 8.88. The smallest absolute Gasteiger partial charge is 0.248 e. The van der Waals surface area contributed by atoms with Crippen molar-refractivity contribution in [2.45, 2.75) is 25.7 Å². The second-order valence-electron chi connectivity index (χ2n) is 6.72. The summed E-state index contributed by atoms with van der Waals surface area (Å²) in [5.74, 6) is 2.10. The monoisotopic (exact) mass is 403 g/mol. The summed E-state index contributed by atoms with van der Waals surface area (Å²) in [5, 5.41) is 7.97. The van der Waals surface area contributed by atoms with E-state index in [2.05, 4.69) is 29.6 Å². The van der Waals surface area contributed by atoms with Gasteiger partial charge in [-0.05, 0) is 26.8 Å². The van der Waals surface area contributed by atoms with Crippen LogP contribution in [-0.4, -0.2) is 63.8 Å². The highest BCUT2D eigenvalue weighted by atomic mass is 32.2. The van der Waals surface area contributed by atoms with Gasteiger partial charge >= 0.3 is 0 Å². The Labute approximate surface area is 162 Å². The molecule has 0 amide bonds. The predicted molar refractivity (Wildman–Crippen MR) is 101 cm³/mol. The van der Waals surface area contributed by atoms with Gasteiger partial charge < -0.3 is 9.42 Å². The van der Waals surface area contributed by atoms with Crippen LogP contribution in [0.2, 0.25) is 0 Å². The minimum absolute atomic E-state index is 0.0747. The SMILES string of the molecule is Cc1cc(C)n(-c2cc(N3CCN(S(=O)(=O)c4cnoc4)CC3)nc(C)n2)n1. The van der Waals surface area contributed by atoms with Crippen LogP contribution >= 0.6 is 0 Å². The molecule has 4 rings (SSSR count). The van der Waals surface area contributed by atoms with Crippen LogP contribution in [0.5, 0.6) is 0 Å². The molecule has 0 unspecified atom stereocenters. The van der Waals surface area contributed by atoms with Gasteiger partial charge in [-0.15, -0.1) is 0 Å². The molecule has 1 aliphatic rings. The molecule has 1 fully saturated rings. The number of sulfonamides is 1. The molecule has 0 atom stereocenters. The summed E-state index contributed by atoms with van der Waals surface area (Å²) in [5.41, 5.74) is 1.91. The van der Waals surface area contributed by atoms with Gasteiger partial charge in [0.25, 0.3) is 0 Å². The molecule has 0 radical (unpaired) electrons. The topological polar surface area (TPSA) is 110 Å². The summed E-state index contributed by atoms with van der Waals surface area (Å²) < 4.78 is 33.1. The number of anilines is 1. The van der Waals surface area contributed by atoms with Crippen LogP contribution in [0.1, 0.15) is 17.2 Å². The molecule has 0 N–H and O–H groups in total. The number of rotatable bonds is 4. The highest BCUT2D eigenvalue weighted by molar-refractivity contribution is 7.89. The molecule has 3 aromatic heterocycles. The first-order chi connectivity index (χ1) is 13.3. The Kier molecular flexibility index (Phi) is 4.63. The Morgan fingerprint density at radius 2 is 1.71 bits per heavy atom. The average molecular weight is 403 g/mol. The van der Waals surface area contributed by atoms with E-state index in [1.807, 2.05) is 32.9 Å². The standard InChI is InChI=1S/C17H21N7O3S/c1-12-8-13(2)24(21-12)17-9-16(19-14(3)20-17)22-4-6-23(7-5-22)28(25,26)15-10-18-27-11-15/h8-11H,4-7H2,1-3H3. The summed E-state index contributed by atoms with van der Waals surface area (Å²) in [4.78, 5) is 11.2. The van der Waals surface area contributed by atoms with Gasteiger partial charge in [0.2, 0.25) is 10.0 Å². The molecular formula is C17H21N7O3S. The van der Waals surface area contributed by atoms with Crippen molar-refractivity contribution in [3.8, 4) is 5.82 Å². The highest BCUT2D eigenvalue weighted by Gasteiger charge is 2.30. The van der Waals surface area contributed by atoms with Crippen LogP contribution in [-0.2, 0) is 10.0 Å². The molecule has 28 heavy (non-hydrogen) atoms. The zero-order valence-electron chi connectivity index (χ0n) is 15.9. The van der Waals surface area contributed by atoms with Crippen molar-refractivity contribution >= 4 is 15.8 Å². The van der Waals surface area contributed by atoms with Gasteiger partial charge in [0.15, 0.2) is 5.82 Å². The fourth-order valence-corrected chi connectivity index (χ4v) is 4.58. The Hall–Kier alpha value is -2.79. The molecule has 1 saturated heterocycles. The fraction of sp³-hybridized carbons (Fsp3) is 0.412. The van der Waals surface area contributed by atoms with Crippen LogP contribution < -0.4 is 4.90 Å². The molecule has 11 heteroatoms. The zero-order chi connectivity index (χ0) is 19.9. The summed E-state index contributed by atoms with van der Waals surface area (Å²) in [6, 6.07) is 3.88. The van der Waals surface area contributed by atoms with Gasteiger partial charge in [0.1, 0.15) is 22.8 Å². The number of hydrogen-bond donors (Lipinski definition) is 0. The maximum Gasteiger partial charge on any atom is 0.248 e. The molecule has 1 aliphatic heterocycles. The van der Waals surface area contributed by atoms with Crippen molar-refractivity contribution in [2.75, 3.05) is 31.1 Å². The first kappa shape index (κ1) is 18.6. The summed E-state index contributed by atoms with van der Waals surface area (Å²) in [6.45, 7) is 7.51. The van der Waals surface area contributed by atoms with E-state index in [-0.39, 0.29) is 4.90 Å². The average Bonchev–Trinajstić information content (AvgIpc) is 3.31. The Balaban J connectivity index is 1.55. The molecule has 10 nitrogen and oxygen atoms in total. The molecule has 3 aromatic rings. The van der Waals surface area contributed by atoms with Gasteiger partial charge in [0.05, 0.1) is 11.9 Å². The molecule has 0 aliphatic carbocycles. The van der Waals surface area contributed by atoms with Crippen LogP contribution in [0.15, 0.2) is 34.0 Å². The normalized spacial score (nSPS) is 15.9. The van der Waals surface area contributed by atoms with Crippen LogP contribution in [0.3, 0.4) is 0 Å². The summed E-state index contributed by atoms with van der Waals surface area (Å²) >= 11 is 0. The lowest BCUT2D eigenvalue weighted by atomic mass is 10.3. The van der Waals surface area contributed by atoms with E-state index in [1.165, 1.54) is 10.5 Å². The number of piperazine rings is 1. The lowest BCUT2D eigenvalue weighted by Gasteiger charge is -2.34. The molecule has 0 aromatic carbocycles. The van der Waals surface area contributed by atoms with E-state index in [0.29, 0.717) is 37.8 Å². The number of aromatic nitrogens is 5. The van der Waals surface area contributed by atoms with Gasteiger partial charge in [-0.2, -0.15) is 9.40 Å². The second-order valence-corrected chi connectivity index (χ2v) is 8.66. The third kappa shape index (κ3) is 3.38. The predicted octanol–water partition coefficient (Wildman–Crippen LogP) is 1.09. The van der Waals surface area contributed by atoms with Crippen molar-refractivity contribution in [2.24, 2.45) is 0 Å². The van der Waals surface area contributed by atoms with Gasteiger partial charge in [-0.1, -0.05) is 5.16 Å². The van der Waals surface area contributed by atoms with Crippen LogP contribution in [0.4, 0.5) is 5.82 Å². The minimum atomic E-state index is -3.58. The van der Waals surface area contributed by atoms with E-state index < -0.39 is 10.0 Å². The first-order valence-corrected chi connectivity index (χ1v) is 10.3. The number of nitrogens with zero attached hydrogens (tertiary/aromatic N) is 7. The highest BCUT2D eigenvalue weighted by Crippen LogP contribution is 2.21. The summed E-state index contributed by atoms with van der Waals surface area (Å²) in [6.07, 6.45) is 2.37. The maximum atomic E-state index is 12.6. The summed E-state index contributed by atoms with van der Waals surface area (Å²) in [7, 11) is -3.58. The third-order valence-electron chi connectivity index (χ3n) is 4.65. The van der Waals surface area contributed by atoms with Crippen molar-refractivity contribution in [3.05, 3.63) is 41.8 Å². The molecule has 0 bridgehead atoms. The number of hydrogen-bond acceptors (Lipinski definition) is 8. The minimum Gasteiger partial charge on any atom is -0.363 e. The zero-order valence-corrected chi connectivity index (χ0v) is 16.7. The lowest BCUT2D eigenvalue weighted by Crippen LogP contribution is -2.49. The van der Waals surface area contributed by atoms with E-state index in [0.717, 1.165) is 23.5 Å². The van der Waals surface area contributed by atoms with Gasteiger partial charge in [0, 0.05) is 37.9 Å². The molecule has 0 saturated carbocycles. The van der Waals surface area contributed by atoms with E-state index >= 15 is 0 Å². The van der Waals surface area contributed by atoms with Crippen molar-refractivity contribution in [3.63, 3.8) is 0 Å². The Morgan fingerprint density at radius 1 is 1.00 bits per heavy atom. The van der Waals surface area contributed by atoms with Crippen molar-refractivity contribution in [1.29, 1.82) is 0 Å². The second kappa shape index (κ2) is 6.99. The quantitative estimate of drug-likeness (QED) is 0.637. The van der Waals surface area contributed by atoms with E-state index in [1.54, 1.807) is 4.68 Å². The third-order valence-corrected chi connectivity index (χ3v) is 6.49. The van der Waals surface area contributed by atoms with Crippen molar-refractivity contribution in [1.82, 2.24) is 29.2 Å². The Morgan fingerprint density at radius 3 is 2.32 bits per heavy atom. The van der Waals surface area contributed by atoms with Gasteiger partial charge in [-0.25, -0.2) is 23.1 Å².